The van der Waals surface area contributed by atoms with Gasteiger partial charge in [-0.25, -0.2) is 17.9 Å². The van der Waals surface area contributed by atoms with E-state index in [1.54, 1.807) is 25.4 Å². The van der Waals surface area contributed by atoms with Gasteiger partial charge in [-0.05, 0) is 86.2 Å². The highest BCUT2D eigenvalue weighted by molar-refractivity contribution is 6.01. The summed E-state index contributed by atoms with van der Waals surface area (Å²) < 4.78 is 60.0. The first-order valence-electron chi connectivity index (χ1n) is 18.2. The number of benzene rings is 2. The fourth-order valence-corrected chi connectivity index (χ4v) is 8.81. The summed E-state index contributed by atoms with van der Waals surface area (Å²) in [5.41, 5.74) is -0.168. The lowest BCUT2D eigenvalue weighted by Crippen LogP contribution is -2.49. The Kier molecular flexibility index (Phi) is 9.00. The molecule has 53 heavy (non-hydrogen) atoms. The minimum absolute atomic E-state index is 0.0617. The van der Waals surface area contributed by atoms with E-state index in [1.165, 1.54) is 29.1 Å². The number of hydrogen-bond acceptors (Lipinski definition) is 10. The van der Waals surface area contributed by atoms with Crippen LogP contribution in [0.2, 0.25) is 0 Å². The van der Waals surface area contributed by atoms with Gasteiger partial charge in [-0.15, -0.1) is 0 Å². The van der Waals surface area contributed by atoms with Gasteiger partial charge in [0.05, 0.1) is 28.6 Å². The minimum Gasteiger partial charge on any atom is -0.508 e. The van der Waals surface area contributed by atoms with Crippen LogP contribution in [0.1, 0.15) is 55.1 Å². The maximum atomic E-state index is 17.1. The number of phenols is 1. The lowest BCUT2D eigenvalue weighted by atomic mass is 9.78. The van der Waals surface area contributed by atoms with Gasteiger partial charge in [-0.1, -0.05) is 13.0 Å². The second-order valence-corrected chi connectivity index (χ2v) is 14.8. The number of methoxy groups -OCH3 is 1. The van der Waals surface area contributed by atoms with Crippen LogP contribution in [0, 0.1) is 24.0 Å². The molecule has 0 amide bonds. The van der Waals surface area contributed by atoms with E-state index >= 15 is 8.78 Å². The van der Waals surface area contributed by atoms with Crippen LogP contribution in [0.5, 0.6) is 11.8 Å². The van der Waals surface area contributed by atoms with Crippen molar-refractivity contribution in [3.8, 4) is 23.0 Å². The second kappa shape index (κ2) is 13.5. The third kappa shape index (κ3) is 6.05. The number of alkyl halides is 1. The number of aryl methyl sites for hydroxylation is 2. The third-order valence-electron chi connectivity index (χ3n) is 11.5. The standard InChI is InChI=1S/C39H42F3N7O4/c1-4-27-30(41)7-6-24-16-26(50)17-28(31(24)27)33-32(42)34-29(19-43-33)35(45-37(44-34)53-22-39-9-5-12-48(39)20-25(40)18-39)47-14-10-38(11-15-47,21-52-3)36(51)49-13-8-23(2)46-49/h6-8,13,16-17,19,25,50H,4-5,9-12,14-15,18,20-22H2,1-3H3/t25-,39+/m1/s1. The summed E-state index contributed by atoms with van der Waals surface area (Å²) in [7, 11) is 1.57. The van der Waals surface area contributed by atoms with Crippen molar-refractivity contribution >= 4 is 33.4 Å². The Morgan fingerprint density at radius 3 is 2.62 bits per heavy atom. The molecule has 3 aromatic heterocycles. The van der Waals surface area contributed by atoms with E-state index in [2.05, 4.69) is 20.0 Å². The molecule has 278 valence electrons. The lowest BCUT2D eigenvalue weighted by Gasteiger charge is -2.40. The molecule has 3 fully saturated rings. The Labute approximate surface area is 304 Å². The van der Waals surface area contributed by atoms with E-state index in [0.29, 0.717) is 72.9 Å². The number of ether oxygens (including phenoxy) is 2. The molecule has 0 radical (unpaired) electrons. The van der Waals surface area contributed by atoms with Gasteiger partial charge in [0.15, 0.2) is 5.82 Å². The Bertz CT molecular complexity index is 2220. The van der Waals surface area contributed by atoms with E-state index < -0.39 is 28.8 Å². The molecule has 8 rings (SSSR count). The van der Waals surface area contributed by atoms with Gasteiger partial charge >= 0.3 is 6.01 Å². The Hall–Kier alpha value is -4.82. The van der Waals surface area contributed by atoms with Gasteiger partial charge in [0.2, 0.25) is 0 Å². The molecule has 2 atom stereocenters. The Morgan fingerprint density at radius 1 is 1.08 bits per heavy atom. The number of carbonyl (C=O) groups is 1. The fourth-order valence-electron chi connectivity index (χ4n) is 8.81. The van der Waals surface area contributed by atoms with Gasteiger partial charge in [0, 0.05) is 51.1 Å². The van der Waals surface area contributed by atoms with Crippen molar-refractivity contribution in [1.29, 1.82) is 0 Å². The molecule has 0 saturated carbocycles. The van der Waals surface area contributed by atoms with Crippen LogP contribution in [-0.2, 0) is 11.2 Å². The first-order chi connectivity index (χ1) is 25.5. The molecule has 6 heterocycles. The molecular weight excluding hydrogens is 687 g/mol. The summed E-state index contributed by atoms with van der Waals surface area (Å²) in [6.45, 7) is 5.86. The van der Waals surface area contributed by atoms with Gasteiger partial charge in [0.1, 0.15) is 41.4 Å². The molecule has 1 N–H and O–H groups in total. The zero-order valence-corrected chi connectivity index (χ0v) is 30.0. The number of halogens is 3. The zero-order valence-electron chi connectivity index (χ0n) is 30.0. The highest BCUT2D eigenvalue weighted by Gasteiger charge is 2.49. The molecule has 2 aromatic carbocycles. The average molecular weight is 730 g/mol. The van der Waals surface area contributed by atoms with Crippen molar-refractivity contribution in [2.45, 2.75) is 64.1 Å². The summed E-state index contributed by atoms with van der Waals surface area (Å²) in [6.07, 6.45) is 5.38. The molecule has 14 heteroatoms. The monoisotopic (exact) mass is 729 g/mol. The van der Waals surface area contributed by atoms with Crippen LogP contribution < -0.4 is 9.64 Å². The number of fused-ring (bicyclic) bond motifs is 3. The summed E-state index contributed by atoms with van der Waals surface area (Å²) in [4.78, 5) is 31.8. The highest BCUT2D eigenvalue weighted by atomic mass is 19.1. The quantitative estimate of drug-likeness (QED) is 0.182. The maximum absolute atomic E-state index is 17.1. The smallest absolute Gasteiger partial charge is 0.319 e. The molecule has 0 bridgehead atoms. The number of hydrogen-bond donors (Lipinski definition) is 1. The number of aromatic nitrogens is 5. The van der Waals surface area contributed by atoms with Gasteiger partial charge in [-0.3, -0.25) is 14.7 Å². The predicted molar refractivity (Wildman–Crippen MR) is 193 cm³/mol. The molecule has 3 aliphatic heterocycles. The zero-order chi connectivity index (χ0) is 37.1. The Morgan fingerprint density at radius 2 is 1.89 bits per heavy atom. The first-order valence-corrected chi connectivity index (χ1v) is 18.2. The molecular formula is C39H42F3N7O4. The fraction of sp³-hybridized carbons (Fsp3) is 0.462. The van der Waals surface area contributed by atoms with E-state index in [-0.39, 0.29) is 47.7 Å². The van der Waals surface area contributed by atoms with Crippen molar-refractivity contribution in [3.05, 3.63) is 65.6 Å². The number of phenolic OH excluding ortho intramolecular Hbond substituents is 1. The van der Waals surface area contributed by atoms with Crippen molar-refractivity contribution in [2.24, 2.45) is 5.41 Å². The molecule has 3 aliphatic rings. The minimum atomic E-state index is -0.956. The van der Waals surface area contributed by atoms with Crippen molar-refractivity contribution in [2.75, 3.05) is 51.4 Å². The van der Waals surface area contributed by atoms with Crippen LogP contribution in [0.3, 0.4) is 0 Å². The number of carbonyl (C=O) groups excluding carboxylic acids is 1. The number of nitrogens with zero attached hydrogens (tertiary/aromatic N) is 7. The maximum Gasteiger partial charge on any atom is 0.319 e. The highest BCUT2D eigenvalue weighted by Crippen LogP contribution is 2.43. The summed E-state index contributed by atoms with van der Waals surface area (Å²) >= 11 is 0. The summed E-state index contributed by atoms with van der Waals surface area (Å²) in [5.74, 6) is -1.12. The lowest BCUT2D eigenvalue weighted by molar-refractivity contribution is 0.0329. The van der Waals surface area contributed by atoms with Crippen LogP contribution >= 0.6 is 0 Å². The van der Waals surface area contributed by atoms with Crippen LogP contribution in [0.4, 0.5) is 19.0 Å². The number of piperidine rings is 1. The largest absolute Gasteiger partial charge is 0.508 e. The molecule has 11 nitrogen and oxygen atoms in total. The van der Waals surface area contributed by atoms with Crippen LogP contribution in [0.15, 0.2) is 42.7 Å². The van der Waals surface area contributed by atoms with Crippen molar-refractivity contribution < 1.29 is 32.5 Å². The third-order valence-corrected chi connectivity index (χ3v) is 11.5. The number of anilines is 1. The summed E-state index contributed by atoms with van der Waals surface area (Å²) in [6, 6.07) is 7.50. The molecule has 0 aliphatic carbocycles. The van der Waals surface area contributed by atoms with Gasteiger partial charge < -0.3 is 19.5 Å². The SMILES string of the molecule is CCc1c(F)ccc2cc(O)cc(-c3ncc4c(N5CCC(COC)(C(=O)n6ccc(C)n6)CC5)nc(OC[C@@]56CCCN5C[C@H](F)C6)nc4c3F)c12. The van der Waals surface area contributed by atoms with Crippen LogP contribution in [0.25, 0.3) is 32.9 Å². The number of aromatic hydroxyl groups is 1. The van der Waals surface area contributed by atoms with Crippen LogP contribution in [-0.4, -0.2) is 98.9 Å². The number of rotatable bonds is 9. The van der Waals surface area contributed by atoms with E-state index in [1.807, 2.05) is 18.7 Å². The normalized spacial score (nSPS) is 21.5. The molecule has 0 spiro atoms. The van der Waals surface area contributed by atoms with E-state index in [4.69, 9.17) is 14.5 Å². The number of pyridine rings is 1. The van der Waals surface area contributed by atoms with E-state index in [9.17, 15) is 14.3 Å². The molecule has 3 saturated heterocycles. The van der Waals surface area contributed by atoms with Gasteiger partial charge in [0.25, 0.3) is 5.91 Å². The summed E-state index contributed by atoms with van der Waals surface area (Å²) in [5, 5.41) is 16.3. The topological polar surface area (TPSA) is 119 Å². The Balaban J connectivity index is 1.22. The average Bonchev–Trinajstić information content (AvgIpc) is 3.84. The van der Waals surface area contributed by atoms with E-state index in [0.717, 1.165) is 25.1 Å². The molecule has 5 aromatic rings. The van der Waals surface area contributed by atoms with Gasteiger partial charge in [-0.2, -0.15) is 15.1 Å². The first kappa shape index (κ1) is 35.2. The van der Waals surface area contributed by atoms with Crippen molar-refractivity contribution in [1.82, 2.24) is 29.6 Å². The van der Waals surface area contributed by atoms with Crippen molar-refractivity contribution in [3.63, 3.8) is 0 Å². The molecule has 0 unspecified atom stereocenters. The second-order valence-electron chi connectivity index (χ2n) is 14.8. The predicted octanol–water partition coefficient (Wildman–Crippen LogP) is 6.42.